The number of nitrogens with one attached hydrogen (secondary N) is 1. The minimum absolute atomic E-state index is 0.00909. The smallest absolute Gasteiger partial charge is 0.375 e. The molecule has 0 saturated carbocycles. The third-order valence-electron chi connectivity index (χ3n) is 6.96. The molecule has 3 heterocycles. The fraction of sp³-hybridized carbons (Fsp3) is 0.480. The Morgan fingerprint density at radius 2 is 1.85 bits per heavy atom. The summed E-state index contributed by atoms with van der Waals surface area (Å²) in [5.41, 5.74) is 1.48. The lowest BCUT2D eigenvalue weighted by Gasteiger charge is -2.36. The summed E-state index contributed by atoms with van der Waals surface area (Å²) in [5.74, 6) is -1.01. The van der Waals surface area contributed by atoms with Gasteiger partial charge in [0.2, 0.25) is 17.1 Å². The van der Waals surface area contributed by atoms with E-state index in [1.165, 1.54) is 56.1 Å². The molecule has 1 N–H and O–H groups in total. The molecule has 210 valence electrons. The van der Waals surface area contributed by atoms with E-state index in [0.717, 1.165) is 4.90 Å². The van der Waals surface area contributed by atoms with Crippen molar-refractivity contribution in [3.63, 3.8) is 0 Å². The van der Waals surface area contributed by atoms with Crippen LogP contribution < -0.4 is 5.32 Å². The maximum absolute atomic E-state index is 14.2. The highest BCUT2D eigenvalue weighted by Gasteiger charge is 2.46. The first-order chi connectivity index (χ1) is 18.4. The Bertz CT molecular complexity index is 1340. The number of hydrogen-bond donors (Lipinski definition) is 1. The van der Waals surface area contributed by atoms with Crippen molar-refractivity contribution < 1.29 is 27.5 Å². The normalized spacial score (nSPS) is 16.3. The number of hydrogen-bond acceptors (Lipinski definition) is 7. The van der Waals surface area contributed by atoms with Crippen LogP contribution in [0.3, 0.4) is 0 Å². The van der Waals surface area contributed by atoms with E-state index in [0.29, 0.717) is 43.0 Å². The van der Waals surface area contributed by atoms with Crippen molar-refractivity contribution in [3.8, 4) is 0 Å². The van der Waals surface area contributed by atoms with Crippen molar-refractivity contribution in [1.29, 1.82) is 0 Å². The maximum Gasteiger partial charge on any atom is 0.413 e. The van der Waals surface area contributed by atoms with Crippen molar-refractivity contribution in [3.05, 3.63) is 47.0 Å². The van der Waals surface area contributed by atoms with Crippen LogP contribution in [0, 0.1) is 5.92 Å². The largest absolute Gasteiger partial charge is 0.413 e. The summed E-state index contributed by atoms with van der Waals surface area (Å²) in [6.07, 6.45) is -2.96. The highest BCUT2D eigenvalue weighted by molar-refractivity contribution is 6.28. The molecule has 2 atom stereocenters. The first-order valence-electron chi connectivity index (χ1n) is 12.3. The van der Waals surface area contributed by atoms with Gasteiger partial charge >= 0.3 is 6.18 Å². The molecule has 1 saturated heterocycles. The summed E-state index contributed by atoms with van der Waals surface area (Å²) in [6.45, 7) is 3.93. The lowest BCUT2D eigenvalue weighted by Crippen LogP contribution is -2.46. The molecular weight excluding hydrogens is 539 g/mol. The summed E-state index contributed by atoms with van der Waals surface area (Å²) in [5, 5.41) is 7.29. The summed E-state index contributed by atoms with van der Waals surface area (Å²) in [6, 6.07) is 3.54. The van der Waals surface area contributed by atoms with E-state index in [-0.39, 0.29) is 22.5 Å². The molecule has 0 aliphatic carbocycles. The van der Waals surface area contributed by atoms with Crippen LogP contribution in [0.1, 0.15) is 50.1 Å². The van der Waals surface area contributed by atoms with Crippen molar-refractivity contribution >= 4 is 40.6 Å². The second-order valence-corrected chi connectivity index (χ2v) is 9.79. The van der Waals surface area contributed by atoms with Crippen LogP contribution >= 0.6 is 11.6 Å². The van der Waals surface area contributed by atoms with Crippen molar-refractivity contribution in [1.82, 2.24) is 29.4 Å². The maximum atomic E-state index is 14.2. The molecule has 0 spiro atoms. The zero-order valence-electron chi connectivity index (χ0n) is 21.9. The number of halogens is 4. The van der Waals surface area contributed by atoms with Crippen LogP contribution in [0.25, 0.3) is 5.78 Å². The van der Waals surface area contributed by atoms with Gasteiger partial charge in [-0.3, -0.25) is 9.59 Å². The molecular formula is C25H29ClF3N7O3. The van der Waals surface area contributed by atoms with Gasteiger partial charge < -0.3 is 19.9 Å². The van der Waals surface area contributed by atoms with Crippen LogP contribution in [0.4, 0.5) is 24.5 Å². The zero-order chi connectivity index (χ0) is 28.5. The van der Waals surface area contributed by atoms with E-state index in [1.54, 1.807) is 11.8 Å². The number of ether oxygens (including phenoxy) is 1. The molecule has 2 amide bonds. The number of nitrogens with zero attached hydrogens (tertiary/aromatic N) is 6. The standard InChI is InChI=1S/C25H29ClF3N7O3/c1-14(39-4)20-19(13-30-24-32-23(26)33-36(20)24)31-18-7-5-16(6-8-18)21(25(27,28)29)34(3)22(38)17-9-11-35(12-10-17)15(2)37/h5-8,13-14,17,21,31H,9-12H2,1-4H3/t14?,21-/m0/s1. The molecule has 1 fully saturated rings. The molecule has 0 bridgehead atoms. The number of fused-ring (bicyclic) bond motifs is 1. The number of carbonyl (C=O) groups excluding carboxylic acids is 2. The molecule has 4 rings (SSSR count). The number of alkyl halides is 3. The number of methoxy groups -OCH3 is 1. The Balaban J connectivity index is 1.56. The molecule has 14 heteroatoms. The van der Waals surface area contributed by atoms with E-state index in [9.17, 15) is 22.8 Å². The third-order valence-corrected chi connectivity index (χ3v) is 7.12. The van der Waals surface area contributed by atoms with Crippen molar-refractivity contribution in [2.24, 2.45) is 5.92 Å². The van der Waals surface area contributed by atoms with Gasteiger partial charge in [0, 0.05) is 45.8 Å². The van der Waals surface area contributed by atoms with Gasteiger partial charge in [0.1, 0.15) is 0 Å². The molecule has 1 aromatic carbocycles. The van der Waals surface area contributed by atoms with Crippen LogP contribution in [0.15, 0.2) is 30.5 Å². The minimum atomic E-state index is -4.69. The van der Waals surface area contributed by atoms with Gasteiger partial charge in [0.25, 0.3) is 5.78 Å². The van der Waals surface area contributed by atoms with E-state index in [4.69, 9.17) is 16.3 Å². The first kappa shape index (κ1) is 28.6. The lowest BCUT2D eigenvalue weighted by molar-refractivity contribution is -0.191. The Labute approximate surface area is 228 Å². The molecule has 2 aromatic heterocycles. The first-order valence-corrected chi connectivity index (χ1v) is 12.7. The number of benzene rings is 1. The predicted molar refractivity (Wildman–Crippen MR) is 137 cm³/mol. The average molecular weight is 568 g/mol. The topological polar surface area (TPSA) is 105 Å². The summed E-state index contributed by atoms with van der Waals surface area (Å²) >= 11 is 5.94. The number of anilines is 2. The molecule has 0 radical (unpaired) electrons. The average Bonchev–Trinajstić information content (AvgIpc) is 3.28. The second kappa shape index (κ2) is 11.3. The Morgan fingerprint density at radius 3 is 2.41 bits per heavy atom. The predicted octanol–water partition coefficient (Wildman–Crippen LogP) is 4.55. The van der Waals surface area contributed by atoms with Gasteiger partial charge in [-0.05, 0) is 49.1 Å². The van der Waals surface area contributed by atoms with E-state index >= 15 is 0 Å². The summed E-state index contributed by atoms with van der Waals surface area (Å²) in [4.78, 5) is 35.2. The molecule has 1 unspecified atom stereocenters. The monoisotopic (exact) mass is 567 g/mol. The fourth-order valence-electron chi connectivity index (χ4n) is 4.82. The van der Waals surface area contributed by atoms with Crippen LogP contribution in [-0.4, -0.2) is 74.6 Å². The zero-order valence-corrected chi connectivity index (χ0v) is 22.6. The van der Waals surface area contributed by atoms with Crippen LogP contribution in [-0.2, 0) is 14.3 Å². The number of rotatable bonds is 7. The van der Waals surface area contributed by atoms with Crippen LogP contribution in [0.2, 0.25) is 5.28 Å². The van der Waals surface area contributed by atoms with E-state index in [2.05, 4.69) is 20.4 Å². The second-order valence-electron chi connectivity index (χ2n) is 9.45. The van der Waals surface area contributed by atoms with Gasteiger partial charge in [-0.2, -0.15) is 22.7 Å². The number of aromatic nitrogens is 4. The molecule has 1 aliphatic heterocycles. The number of carbonyl (C=O) groups is 2. The molecule has 10 nitrogen and oxygen atoms in total. The molecule has 3 aromatic rings. The van der Waals surface area contributed by atoms with Gasteiger partial charge in [0.15, 0.2) is 6.04 Å². The Morgan fingerprint density at radius 1 is 1.21 bits per heavy atom. The number of amides is 2. The van der Waals surface area contributed by atoms with Gasteiger partial charge in [-0.15, -0.1) is 5.10 Å². The number of piperidine rings is 1. The van der Waals surface area contributed by atoms with E-state index < -0.39 is 30.1 Å². The highest BCUT2D eigenvalue weighted by Crippen LogP contribution is 2.39. The molecule has 1 aliphatic rings. The quantitative estimate of drug-likeness (QED) is 0.446. The summed E-state index contributed by atoms with van der Waals surface area (Å²) in [7, 11) is 2.70. The Hall–Kier alpha value is -3.45. The third kappa shape index (κ3) is 6.09. The van der Waals surface area contributed by atoms with E-state index in [1.807, 2.05) is 0 Å². The van der Waals surface area contributed by atoms with Crippen molar-refractivity contribution in [2.45, 2.75) is 45.0 Å². The SMILES string of the molecule is COC(C)c1c(Nc2ccc([C@H](N(C)C(=O)C3CCN(C(C)=O)CC3)C(F)(F)F)cc2)cnc2nc(Cl)nn12. The number of likely N-dealkylation sites (tertiary alicyclic amines) is 1. The van der Waals surface area contributed by atoms with Gasteiger partial charge in [-0.25, -0.2) is 4.98 Å². The fourth-order valence-corrected chi connectivity index (χ4v) is 4.97. The lowest BCUT2D eigenvalue weighted by atomic mass is 9.94. The van der Waals surface area contributed by atoms with Gasteiger partial charge in [0.05, 0.1) is 23.7 Å². The molecule has 39 heavy (non-hydrogen) atoms. The van der Waals surface area contributed by atoms with Crippen LogP contribution in [0.5, 0.6) is 0 Å². The van der Waals surface area contributed by atoms with Gasteiger partial charge in [-0.1, -0.05) is 12.1 Å². The highest BCUT2D eigenvalue weighted by atomic mass is 35.5. The van der Waals surface area contributed by atoms with Crippen molar-refractivity contribution in [2.75, 3.05) is 32.6 Å². The Kier molecular flexibility index (Phi) is 8.31. The summed E-state index contributed by atoms with van der Waals surface area (Å²) < 4.78 is 49.6. The minimum Gasteiger partial charge on any atom is -0.375 e.